The minimum absolute atomic E-state index is 0.0746. The zero-order chi connectivity index (χ0) is 55.0. The molecule has 2 aromatic carbocycles. The molecular weight excluding hydrogens is 1020 g/mol. The van der Waals surface area contributed by atoms with Crippen molar-refractivity contribution in [1.82, 2.24) is 45.4 Å². The highest BCUT2D eigenvalue weighted by molar-refractivity contribution is 8.14. The Morgan fingerprint density at radius 1 is 0.897 bits per heavy atom. The molecule has 5 atom stereocenters. The number of likely N-dealkylation sites (N-methyl/N-ethyl adjacent to an activating group) is 1. The fraction of sp³-hybridized carbons (Fsp3) is 0.536. The van der Waals surface area contributed by atoms with Crippen molar-refractivity contribution in [3.8, 4) is 11.1 Å². The van der Waals surface area contributed by atoms with Gasteiger partial charge in [-0.05, 0) is 133 Å². The SMILES string of the molecule is CN[C@H](C)C(=O)N[C@@H](C(=O)N1CCC[C@@H]1C1=NC(C(=O)c2ccc(F)cc2)CS1)C1CCN(CCOCCOCCC(=O)NCCn2nc3c(c2C)-c2cnc(N)c(c2)N2CCC[C@@H]2c2cc(F)ccc2C(=O)N(C)C3)CC1. The van der Waals surface area contributed by atoms with Gasteiger partial charge in [-0.3, -0.25) is 33.6 Å². The number of Topliss-reactive ketones (excluding diaryl/α,β-unsaturated/α-hetero) is 1. The van der Waals surface area contributed by atoms with Crippen LogP contribution < -0.4 is 26.6 Å². The van der Waals surface area contributed by atoms with Gasteiger partial charge in [-0.15, -0.1) is 11.8 Å². The number of piperidine rings is 1. The molecule has 5 aliphatic heterocycles. The molecule has 0 radical (unpaired) electrons. The minimum atomic E-state index is -0.710. The number of hydrogen-bond donors (Lipinski definition) is 4. The monoisotopic (exact) mass is 1090 g/mol. The smallest absolute Gasteiger partial charge is 0.254 e. The Morgan fingerprint density at radius 2 is 1.63 bits per heavy atom. The molecule has 9 rings (SSSR count). The van der Waals surface area contributed by atoms with Gasteiger partial charge in [-0.25, -0.2) is 13.8 Å². The van der Waals surface area contributed by atoms with E-state index in [4.69, 9.17) is 25.3 Å². The number of rotatable bonds is 20. The second-order valence-corrected chi connectivity index (χ2v) is 21.9. The first-order valence-electron chi connectivity index (χ1n) is 27.3. The number of thioether (sulfide) groups is 1. The average molecular weight is 1100 g/mol. The number of ether oxygens (including phenoxy) is 2. The molecule has 78 heavy (non-hydrogen) atoms. The highest BCUT2D eigenvalue weighted by Crippen LogP contribution is 2.43. The fourth-order valence-corrected chi connectivity index (χ4v) is 12.6. The predicted molar refractivity (Wildman–Crippen MR) is 294 cm³/mol. The molecular formula is C56H72F2N12O7S. The number of aromatic nitrogens is 3. The van der Waals surface area contributed by atoms with Gasteiger partial charge in [-0.2, -0.15) is 5.10 Å². The molecule has 4 amide bonds. The van der Waals surface area contributed by atoms with Crippen molar-refractivity contribution in [2.75, 3.05) is 96.2 Å². The van der Waals surface area contributed by atoms with Crippen LogP contribution in [0.3, 0.4) is 0 Å². The van der Waals surface area contributed by atoms with Crippen LogP contribution in [0, 0.1) is 24.5 Å². The quantitative estimate of drug-likeness (QED) is 0.0692. The first kappa shape index (κ1) is 56.4. The summed E-state index contributed by atoms with van der Waals surface area (Å²) >= 11 is 1.49. The molecule has 3 fully saturated rings. The van der Waals surface area contributed by atoms with E-state index in [0.717, 1.165) is 66.3 Å². The molecule has 1 unspecified atom stereocenters. The van der Waals surface area contributed by atoms with Crippen molar-refractivity contribution in [3.05, 3.63) is 94.4 Å². The first-order chi connectivity index (χ1) is 37.7. The van der Waals surface area contributed by atoms with Crippen LogP contribution in [0.2, 0.25) is 0 Å². The third-order valence-electron chi connectivity index (χ3n) is 15.8. The van der Waals surface area contributed by atoms with Crippen molar-refractivity contribution in [3.63, 3.8) is 0 Å². The molecule has 418 valence electrons. The summed E-state index contributed by atoms with van der Waals surface area (Å²) < 4.78 is 41.7. The first-order valence-corrected chi connectivity index (χ1v) is 28.2. The van der Waals surface area contributed by atoms with E-state index in [0.29, 0.717) is 99.3 Å². The summed E-state index contributed by atoms with van der Waals surface area (Å²) in [4.78, 5) is 85.1. The van der Waals surface area contributed by atoms with Crippen molar-refractivity contribution in [1.29, 1.82) is 0 Å². The molecule has 7 heterocycles. The second-order valence-electron chi connectivity index (χ2n) is 20.9. The number of carbonyl (C=O) groups excluding carboxylic acids is 5. The maximum Gasteiger partial charge on any atom is 0.254 e. The normalized spacial score (nSPS) is 20.5. The molecule has 22 heteroatoms. The van der Waals surface area contributed by atoms with Crippen LogP contribution in [0.15, 0.2) is 59.7 Å². The summed E-state index contributed by atoms with van der Waals surface area (Å²) in [5, 5.41) is 14.7. The maximum absolute atomic E-state index is 14.7. The van der Waals surface area contributed by atoms with Gasteiger partial charge in [0.1, 0.15) is 29.5 Å². The number of ketones is 1. The number of hydrogen-bond acceptors (Lipinski definition) is 15. The standard InChI is InChI=1S/C56H72F2N12O7S/c1-34(60-3)53(73)64-50(56(75)69-20-6-8-46(69)54-63-44(33-78-54)51(72)37-9-11-39(57)12-10-37)36-15-21-67(22-16-36)24-26-77-28-27-76-25-17-48(71)61-18-23-70-35(2)49-38-29-47(52(59)62-31-38)68-19-5-7-45(68)42-30-40(58)13-14-41(42)55(74)66(4)32-43(49)65-70/h9-14,29-31,34,36,44-46,50,60H,5-8,15-28,32-33H2,1-4H3,(H2,59,62)(H,61,71)(H,64,73)/t34-,44?,45-,46-,50-/m1/s1. The van der Waals surface area contributed by atoms with Gasteiger partial charge in [0.25, 0.3) is 5.91 Å². The number of nitrogens with zero attached hydrogens (tertiary/aromatic N) is 8. The van der Waals surface area contributed by atoms with Crippen LogP contribution in [0.5, 0.6) is 0 Å². The van der Waals surface area contributed by atoms with Crippen LogP contribution >= 0.6 is 11.8 Å². The molecule has 0 saturated carbocycles. The molecule has 0 aliphatic carbocycles. The van der Waals surface area contributed by atoms with Crippen LogP contribution in [0.4, 0.5) is 20.3 Å². The Bertz CT molecular complexity index is 2860. The number of pyridine rings is 1. The molecule has 5 N–H and O–H groups in total. The number of nitrogens with one attached hydrogen (secondary N) is 3. The maximum atomic E-state index is 14.7. The molecule has 2 bridgehead atoms. The number of fused-ring (bicyclic) bond motifs is 8. The zero-order valence-corrected chi connectivity index (χ0v) is 45.8. The second kappa shape index (κ2) is 25.6. The molecule has 3 saturated heterocycles. The fourth-order valence-electron chi connectivity index (χ4n) is 11.4. The topological polar surface area (TPSA) is 222 Å². The van der Waals surface area contributed by atoms with Crippen LogP contribution in [-0.2, 0) is 36.9 Å². The largest absolute Gasteiger partial charge is 0.382 e. The summed E-state index contributed by atoms with van der Waals surface area (Å²) in [5.41, 5.74) is 11.8. The van der Waals surface area contributed by atoms with E-state index in [1.807, 2.05) is 22.6 Å². The number of carbonyl (C=O) groups is 5. The summed E-state index contributed by atoms with van der Waals surface area (Å²) in [6.07, 6.45) is 6.41. The van der Waals surface area contributed by atoms with E-state index in [9.17, 15) is 32.8 Å². The number of likely N-dealkylation sites (tertiary alicyclic amines) is 2. The lowest BCUT2D eigenvalue weighted by molar-refractivity contribution is -0.138. The Labute approximate surface area is 458 Å². The average Bonchev–Trinajstić information content (AvgIpc) is 4.38. The number of anilines is 2. The van der Waals surface area contributed by atoms with E-state index in [1.54, 1.807) is 38.2 Å². The summed E-state index contributed by atoms with van der Waals surface area (Å²) in [6, 6.07) is 9.52. The van der Waals surface area contributed by atoms with Gasteiger partial charge >= 0.3 is 0 Å². The van der Waals surface area contributed by atoms with Crippen LogP contribution in [0.1, 0.15) is 95.6 Å². The Balaban J connectivity index is 0.702. The number of amides is 4. The van der Waals surface area contributed by atoms with Gasteiger partial charge in [-0.1, -0.05) is 0 Å². The molecule has 4 aromatic rings. The van der Waals surface area contributed by atoms with E-state index in [-0.39, 0.29) is 67.0 Å². The van der Waals surface area contributed by atoms with Gasteiger partial charge in [0.2, 0.25) is 17.7 Å². The zero-order valence-electron chi connectivity index (χ0n) is 45.0. The molecule has 5 aliphatic rings. The third kappa shape index (κ3) is 12.9. The molecule has 2 aromatic heterocycles. The number of nitrogens with two attached hydrogens (primary N) is 1. The van der Waals surface area contributed by atoms with Gasteiger partial charge in [0.05, 0.1) is 74.1 Å². The lowest BCUT2D eigenvalue weighted by Crippen LogP contribution is -2.58. The van der Waals surface area contributed by atoms with Crippen molar-refractivity contribution < 1.29 is 42.2 Å². The van der Waals surface area contributed by atoms with E-state index < -0.39 is 29.8 Å². The summed E-state index contributed by atoms with van der Waals surface area (Å²) in [5.74, 6) is -1.01. The van der Waals surface area contributed by atoms with Crippen molar-refractivity contribution in [2.24, 2.45) is 10.9 Å². The molecule has 0 spiro atoms. The number of nitrogen functional groups attached to an aromatic ring is 1. The number of benzene rings is 2. The van der Waals surface area contributed by atoms with E-state index >= 15 is 0 Å². The van der Waals surface area contributed by atoms with Crippen LogP contribution in [-0.4, -0.2) is 174 Å². The molecule has 19 nitrogen and oxygen atoms in total. The van der Waals surface area contributed by atoms with Gasteiger partial charge < -0.3 is 50.8 Å². The summed E-state index contributed by atoms with van der Waals surface area (Å²) in [7, 11) is 3.43. The predicted octanol–water partition coefficient (Wildman–Crippen LogP) is 4.77. The lowest BCUT2D eigenvalue weighted by Gasteiger charge is -2.38. The van der Waals surface area contributed by atoms with E-state index in [2.05, 4.69) is 30.7 Å². The Kier molecular flexibility index (Phi) is 18.5. The Morgan fingerprint density at radius 3 is 2.40 bits per heavy atom. The Hall–Kier alpha value is -6.33. The lowest BCUT2D eigenvalue weighted by atomic mass is 9.88. The highest BCUT2D eigenvalue weighted by Gasteiger charge is 2.43. The van der Waals surface area contributed by atoms with Crippen LogP contribution in [0.25, 0.3) is 11.1 Å². The van der Waals surface area contributed by atoms with Gasteiger partial charge in [0, 0.05) is 79.5 Å². The minimum Gasteiger partial charge on any atom is -0.382 e. The van der Waals surface area contributed by atoms with Crippen molar-refractivity contribution in [2.45, 2.75) is 102 Å². The number of aliphatic imine (C=N–C) groups is 1. The number of halogens is 2. The highest BCUT2D eigenvalue weighted by atomic mass is 32.2. The van der Waals surface area contributed by atoms with E-state index in [1.165, 1.54) is 48.2 Å². The van der Waals surface area contributed by atoms with Gasteiger partial charge in [0.15, 0.2) is 5.78 Å². The third-order valence-corrected chi connectivity index (χ3v) is 17.0. The van der Waals surface area contributed by atoms with Crippen molar-refractivity contribution >= 4 is 57.7 Å². The summed E-state index contributed by atoms with van der Waals surface area (Å²) in [6.45, 7) is 9.41.